The lowest BCUT2D eigenvalue weighted by molar-refractivity contribution is 0.104. The lowest BCUT2D eigenvalue weighted by atomic mass is 10.0. The smallest absolute Gasteiger partial charge is 0.200 e. The van der Waals surface area contributed by atoms with E-state index in [2.05, 4.69) is 23.4 Å². The first-order valence-electron chi connectivity index (χ1n) is 9.30. The van der Waals surface area contributed by atoms with Gasteiger partial charge in [-0.05, 0) is 25.5 Å². The number of anilines is 1. The molecule has 0 atom stereocenters. The van der Waals surface area contributed by atoms with Crippen molar-refractivity contribution in [2.24, 2.45) is 0 Å². The number of ketones is 1. The van der Waals surface area contributed by atoms with Crippen LogP contribution in [0.25, 0.3) is 16.8 Å². The number of carbonyl (C=O) groups excluding carboxylic acids is 1. The van der Waals surface area contributed by atoms with Gasteiger partial charge in [0.2, 0.25) is 0 Å². The van der Waals surface area contributed by atoms with E-state index in [1.807, 2.05) is 73.6 Å². The molecule has 0 fully saturated rings. The number of carbonyl (C=O) groups is 1. The van der Waals surface area contributed by atoms with Crippen LogP contribution in [0.3, 0.4) is 0 Å². The number of rotatable bonds is 1. The molecule has 3 N–H and O–H groups in total. The molecule has 1 heterocycles. The van der Waals surface area contributed by atoms with E-state index >= 15 is 0 Å². The molecular formula is C22H35N3O. The van der Waals surface area contributed by atoms with E-state index in [4.69, 9.17) is 5.73 Å². The number of aromatic amines is 1. The molecule has 26 heavy (non-hydrogen) atoms. The number of allylic oxidation sites excluding steroid dienone is 2. The van der Waals surface area contributed by atoms with E-state index in [1.54, 1.807) is 6.07 Å². The number of benzene rings is 1. The van der Waals surface area contributed by atoms with Crippen molar-refractivity contribution in [3.63, 3.8) is 0 Å². The van der Waals surface area contributed by atoms with Gasteiger partial charge in [0.15, 0.2) is 5.78 Å². The molecule has 0 aliphatic heterocycles. The Balaban J connectivity index is 0. The second kappa shape index (κ2) is 13.6. The maximum Gasteiger partial charge on any atom is 0.200 e. The maximum atomic E-state index is 12.4. The van der Waals surface area contributed by atoms with Gasteiger partial charge in [0.05, 0.1) is 22.5 Å². The monoisotopic (exact) mass is 357 g/mol. The van der Waals surface area contributed by atoms with Crippen LogP contribution in [-0.2, 0) is 0 Å². The molecule has 0 bridgehead atoms. The Labute approximate surface area is 159 Å². The van der Waals surface area contributed by atoms with Gasteiger partial charge in [0.25, 0.3) is 0 Å². The van der Waals surface area contributed by atoms with Crippen molar-refractivity contribution in [1.82, 2.24) is 10.2 Å². The summed E-state index contributed by atoms with van der Waals surface area (Å²) in [7, 11) is 0. The average Bonchev–Trinajstić information content (AvgIpc) is 3.28. The molecule has 3 rings (SSSR count). The number of hydrogen-bond donors (Lipinski definition) is 2. The Hall–Kier alpha value is -2.62. The number of nitrogens with zero attached hydrogens (tertiary/aromatic N) is 1. The number of H-pyrrole nitrogens is 1. The van der Waals surface area contributed by atoms with Crippen LogP contribution in [0.1, 0.15) is 77.0 Å². The Morgan fingerprint density at radius 2 is 1.62 bits per heavy atom. The number of nitrogens with two attached hydrogens (primary N) is 1. The van der Waals surface area contributed by atoms with Crippen LogP contribution < -0.4 is 5.73 Å². The Bertz CT molecular complexity index is 712. The molecule has 4 nitrogen and oxygen atoms in total. The highest BCUT2D eigenvalue weighted by Crippen LogP contribution is 2.40. The average molecular weight is 358 g/mol. The summed E-state index contributed by atoms with van der Waals surface area (Å²) in [4.78, 5) is 12.4. The van der Waals surface area contributed by atoms with Crippen LogP contribution in [0.5, 0.6) is 0 Å². The molecule has 1 aliphatic rings. The zero-order valence-corrected chi connectivity index (χ0v) is 17.7. The lowest BCUT2D eigenvalue weighted by Gasteiger charge is -2.02. The number of fused-ring (bicyclic) bond motifs is 3. The molecule has 0 saturated carbocycles. The summed E-state index contributed by atoms with van der Waals surface area (Å²) < 4.78 is 0. The van der Waals surface area contributed by atoms with Gasteiger partial charge in [-0.1, -0.05) is 59.8 Å². The van der Waals surface area contributed by atoms with Crippen LogP contribution >= 0.6 is 0 Å². The quantitative estimate of drug-likeness (QED) is 0.385. The molecule has 2 aromatic rings. The van der Waals surface area contributed by atoms with Crippen molar-refractivity contribution < 1.29 is 4.79 Å². The van der Waals surface area contributed by atoms with Gasteiger partial charge < -0.3 is 5.73 Å². The minimum Gasteiger partial charge on any atom is -0.398 e. The second-order valence-electron chi connectivity index (χ2n) is 4.39. The van der Waals surface area contributed by atoms with Crippen molar-refractivity contribution in [2.45, 2.75) is 55.4 Å². The summed E-state index contributed by atoms with van der Waals surface area (Å²) in [5.74, 6) is -0.0388. The van der Waals surface area contributed by atoms with Gasteiger partial charge in [0.1, 0.15) is 0 Å². The molecule has 144 valence electrons. The Kier molecular flexibility index (Phi) is 13.4. The summed E-state index contributed by atoms with van der Waals surface area (Å²) >= 11 is 0. The van der Waals surface area contributed by atoms with E-state index in [9.17, 15) is 4.79 Å². The predicted molar refractivity (Wildman–Crippen MR) is 116 cm³/mol. The van der Waals surface area contributed by atoms with E-state index in [0.29, 0.717) is 22.5 Å². The van der Waals surface area contributed by atoms with Crippen LogP contribution in [0.4, 0.5) is 5.69 Å². The molecular weight excluding hydrogens is 322 g/mol. The van der Waals surface area contributed by atoms with Gasteiger partial charge in [-0.2, -0.15) is 5.10 Å². The third kappa shape index (κ3) is 4.94. The standard InChI is InChI=1S/C14H13N3O.3C2H6.C2H4/c1-3-7(2)12-11-13(17-16-12)8-5-4-6-9(15)10(8)14(11)18;4*1-2/h3-6H,15H2,1-2H3,(H,16,17);3*1-2H3;1-2H2/b7-3+;;;;. The van der Waals surface area contributed by atoms with Crippen LogP contribution in [0, 0.1) is 0 Å². The number of nitrogen functional groups attached to an aromatic ring is 1. The Morgan fingerprint density at radius 1 is 1.08 bits per heavy atom. The summed E-state index contributed by atoms with van der Waals surface area (Å²) in [6.07, 6.45) is 1.94. The number of nitrogens with one attached hydrogen (secondary N) is 1. The minimum absolute atomic E-state index is 0.0388. The minimum atomic E-state index is -0.0388. The van der Waals surface area contributed by atoms with E-state index in [1.165, 1.54) is 0 Å². The lowest BCUT2D eigenvalue weighted by Crippen LogP contribution is -2.02. The molecule has 4 heteroatoms. The molecule has 1 aromatic heterocycles. The Morgan fingerprint density at radius 3 is 2.12 bits per heavy atom. The first-order chi connectivity index (χ1) is 12.6. The zero-order chi connectivity index (χ0) is 20.9. The van der Waals surface area contributed by atoms with Crippen molar-refractivity contribution in [1.29, 1.82) is 0 Å². The first kappa shape index (κ1) is 25.6. The first-order valence-corrected chi connectivity index (χ1v) is 9.30. The fourth-order valence-electron chi connectivity index (χ4n) is 2.34. The van der Waals surface area contributed by atoms with E-state index < -0.39 is 0 Å². The predicted octanol–water partition coefficient (Wildman–Crippen LogP) is 6.51. The number of aromatic nitrogens is 2. The normalized spacial score (nSPS) is 10.3. The molecule has 1 aromatic carbocycles. The van der Waals surface area contributed by atoms with Gasteiger partial charge >= 0.3 is 0 Å². The third-order valence-electron chi connectivity index (χ3n) is 3.39. The van der Waals surface area contributed by atoms with Crippen molar-refractivity contribution in [3.05, 3.63) is 54.3 Å². The fraction of sp³-hybridized carbons (Fsp3) is 0.364. The van der Waals surface area contributed by atoms with E-state index in [0.717, 1.165) is 16.8 Å². The van der Waals surface area contributed by atoms with Crippen LogP contribution in [0.2, 0.25) is 0 Å². The highest BCUT2D eigenvalue weighted by Gasteiger charge is 2.33. The largest absolute Gasteiger partial charge is 0.398 e. The highest BCUT2D eigenvalue weighted by molar-refractivity contribution is 6.25. The summed E-state index contributed by atoms with van der Waals surface area (Å²) in [6.45, 7) is 21.9. The van der Waals surface area contributed by atoms with Gasteiger partial charge in [0, 0.05) is 11.3 Å². The van der Waals surface area contributed by atoms with Crippen molar-refractivity contribution in [3.8, 4) is 11.3 Å². The molecule has 0 unspecified atom stereocenters. The van der Waals surface area contributed by atoms with Crippen molar-refractivity contribution >= 4 is 17.0 Å². The topological polar surface area (TPSA) is 71.8 Å². The van der Waals surface area contributed by atoms with Crippen LogP contribution in [0.15, 0.2) is 37.4 Å². The molecule has 0 radical (unpaired) electrons. The zero-order valence-electron chi connectivity index (χ0n) is 17.7. The fourth-order valence-corrected chi connectivity index (χ4v) is 2.34. The molecule has 0 spiro atoms. The second-order valence-corrected chi connectivity index (χ2v) is 4.39. The van der Waals surface area contributed by atoms with Gasteiger partial charge in [-0.25, -0.2) is 0 Å². The van der Waals surface area contributed by atoms with E-state index in [-0.39, 0.29) is 5.78 Å². The molecule has 0 amide bonds. The molecule has 0 saturated heterocycles. The number of hydrogen-bond acceptors (Lipinski definition) is 3. The SMILES string of the molecule is C/C=C(\C)c1n[nH]c2c1C(=O)c1c(N)cccc1-2.C=C.CC.CC.CC. The highest BCUT2D eigenvalue weighted by atomic mass is 16.1. The van der Waals surface area contributed by atoms with Gasteiger partial charge in [-0.3, -0.25) is 9.89 Å². The summed E-state index contributed by atoms with van der Waals surface area (Å²) in [5, 5.41) is 7.18. The maximum absolute atomic E-state index is 12.4. The van der Waals surface area contributed by atoms with Gasteiger partial charge in [-0.15, -0.1) is 13.2 Å². The third-order valence-corrected chi connectivity index (χ3v) is 3.39. The molecule has 1 aliphatic carbocycles. The van der Waals surface area contributed by atoms with Crippen LogP contribution in [-0.4, -0.2) is 16.0 Å². The van der Waals surface area contributed by atoms with Crippen molar-refractivity contribution in [2.75, 3.05) is 5.73 Å². The summed E-state index contributed by atoms with van der Waals surface area (Å²) in [5.41, 5.74) is 11.0. The summed E-state index contributed by atoms with van der Waals surface area (Å²) in [6, 6.07) is 5.49.